The molecule has 0 heterocycles. The average Bonchev–Trinajstić information content (AvgIpc) is 1.31. The number of rotatable bonds is 0. The Kier molecular flexibility index (Phi) is 1.89. The molecule has 0 aliphatic carbocycles. The number of aliphatic hydroxyl groups is 1. The van der Waals surface area contributed by atoms with E-state index in [4.69, 9.17) is 5.11 Å². The summed E-state index contributed by atoms with van der Waals surface area (Å²) in [6.07, 6.45) is -4.68. The minimum absolute atomic E-state index is 2.73. The molecule has 44 valence electrons. The summed E-state index contributed by atoms with van der Waals surface area (Å²) in [6.45, 7) is 0. The van der Waals surface area contributed by atoms with Crippen molar-refractivity contribution in [3.63, 3.8) is 0 Å². The smallest absolute Gasteiger partial charge is 0.370 e. The normalized spacial score (nSPS) is 16.7. The highest BCUT2D eigenvalue weighted by Crippen LogP contribution is 2.21. The summed E-state index contributed by atoms with van der Waals surface area (Å²) in [5.41, 5.74) is -2.73. The topological polar surface area (TPSA) is 20.2 Å². The molecule has 0 amide bonds. The summed E-state index contributed by atoms with van der Waals surface area (Å²) in [4.78, 5) is 0. The molecule has 1 unspecified atom stereocenters. The van der Waals surface area contributed by atoms with Crippen LogP contribution in [0.5, 0.6) is 0 Å². The molecule has 1 atom stereocenters. The third-order valence-corrected chi connectivity index (χ3v) is 0.518. The van der Waals surface area contributed by atoms with E-state index in [1.54, 1.807) is 0 Å². The van der Waals surface area contributed by atoms with Gasteiger partial charge in [0, 0.05) is 0 Å². The lowest BCUT2D eigenvalue weighted by molar-refractivity contribution is -0.176. The molecule has 0 fully saturated rings. The molecule has 0 aromatic heterocycles. The van der Waals surface area contributed by atoms with Gasteiger partial charge >= 0.3 is 6.18 Å². The molecule has 1 N–H and O–H groups in total. The zero-order valence-electron chi connectivity index (χ0n) is 3.04. The van der Waals surface area contributed by atoms with E-state index in [2.05, 4.69) is 11.6 Å². The molecule has 1 nitrogen and oxygen atoms in total. The van der Waals surface area contributed by atoms with Crippen LogP contribution in [0.15, 0.2) is 0 Å². The molecular weight excluding hydrogens is 132 g/mol. The van der Waals surface area contributed by atoms with Gasteiger partial charge in [-0.3, -0.25) is 0 Å². The predicted octanol–water partition coefficient (Wildman–Crippen LogP) is 1.11. The molecule has 0 aliphatic heterocycles. The van der Waals surface area contributed by atoms with Crippen LogP contribution < -0.4 is 0 Å². The number of hydrogen-bond acceptors (Lipinski definition) is 1. The lowest BCUT2D eigenvalue weighted by atomic mass is 10.7. The van der Waals surface area contributed by atoms with Gasteiger partial charge in [-0.25, -0.2) is 0 Å². The Labute approximate surface area is 42.7 Å². The third-order valence-electron chi connectivity index (χ3n) is 0.270. The number of aliphatic hydroxyl groups excluding tert-OH is 1. The molecule has 0 radical (unpaired) electrons. The molecular formula is C2H2ClF3O. The fourth-order valence-electron chi connectivity index (χ4n) is 0. The second kappa shape index (κ2) is 1.88. The van der Waals surface area contributed by atoms with Gasteiger partial charge in [0.05, 0.1) is 0 Å². The van der Waals surface area contributed by atoms with Gasteiger partial charge in [0.2, 0.25) is 5.56 Å². The van der Waals surface area contributed by atoms with Crippen molar-refractivity contribution in [2.24, 2.45) is 0 Å². The largest absolute Gasteiger partial charge is 0.428 e. The van der Waals surface area contributed by atoms with Crippen molar-refractivity contribution in [2.45, 2.75) is 11.7 Å². The zero-order chi connectivity index (χ0) is 6.08. The first-order valence-electron chi connectivity index (χ1n) is 1.33. The van der Waals surface area contributed by atoms with Gasteiger partial charge in [0.25, 0.3) is 0 Å². The van der Waals surface area contributed by atoms with E-state index in [1.807, 2.05) is 0 Å². The lowest BCUT2D eigenvalue weighted by Gasteiger charge is -2.04. The van der Waals surface area contributed by atoms with Gasteiger partial charge in [-0.05, 0) is 0 Å². The van der Waals surface area contributed by atoms with Crippen LogP contribution in [0.3, 0.4) is 0 Å². The van der Waals surface area contributed by atoms with Crippen LogP contribution in [0.4, 0.5) is 13.2 Å². The molecule has 5 heteroatoms. The maximum absolute atomic E-state index is 10.8. The Balaban J connectivity index is 3.54. The summed E-state index contributed by atoms with van der Waals surface area (Å²) in [5.74, 6) is 0. The summed E-state index contributed by atoms with van der Waals surface area (Å²) in [6, 6.07) is 0. The van der Waals surface area contributed by atoms with Crippen LogP contribution in [0.1, 0.15) is 0 Å². The van der Waals surface area contributed by atoms with E-state index >= 15 is 0 Å². The second-order valence-corrected chi connectivity index (χ2v) is 1.29. The molecule has 0 saturated heterocycles. The van der Waals surface area contributed by atoms with Crippen LogP contribution >= 0.6 is 11.6 Å². The predicted molar refractivity (Wildman–Crippen MR) is 17.9 cm³/mol. The van der Waals surface area contributed by atoms with Crippen LogP contribution in [-0.4, -0.2) is 16.8 Å². The zero-order valence-corrected chi connectivity index (χ0v) is 3.79. The quantitative estimate of drug-likeness (QED) is 0.492. The molecule has 0 bridgehead atoms. The Morgan fingerprint density at radius 2 is 1.57 bits per heavy atom. The van der Waals surface area contributed by atoms with Gasteiger partial charge in [-0.15, -0.1) is 0 Å². The van der Waals surface area contributed by atoms with Crippen molar-refractivity contribution >= 4 is 11.6 Å². The Bertz CT molecular complexity index is 58.4. The van der Waals surface area contributed by atoms with Crippen molar-refractivity contribution in [1.29, 1.82) is 0 Å². The fourth-order valence-corrected chi connectivity index (χ4v) is 0. The van der Waals surface area contributed by atoms with E-state index in [0.29, 0.717) is 0 Å². The molecule has 0 aromatic rings. The van der Waals surface area contributed by atoms with E-state index in [9.17, 15) is 13.2 Å². The van der Waals surface area contributed by atoms with Crippen molar-refractivity contribution in [3.8, 4) is 0 Å². The average molecular weight is 134 g/mol. The lowest BCUT2D eigenvalue weighted by Crippen LogP contribution is -2.21. The van der Waals surface area contributed by atoms with Crippen LogP contribution in [0, 0.1) is 0 Å². The third kappa shape index (κ3) is 2.70. The van der Waals surface area contributed by atoms with Crippen LogP contribution in [0.2, 0.25) is 0 Å². The summed E-state index contributed by atoms with van der Waals surface area (Å²) in [7, 11) is 0. The van der Waals surface area contributed by atoms with Gasteiger partial charge in [-0.2, -0.15) is 13.2 Å². The first-order chi connectivity index (χ1) is 2.94. The number of hydrogen-bond donors (Lipinski definition) is 1. The highest BCUT2D eigenvalue weighted by molar-refractivity contribution is 6.19. The van der Waals surface area contributed by atoms with E-state index in [-0.39, 0.29) is 0 Å². The van der Waals surface area contributed by atoms with Crippen molar-refractivity contribution in [2.75, 3.05) is 0 Å². The molecule has 0 aliphatic rings. The Morgan fingerprint density at radius 1 is 1.43 bits per heavy atom. The highest BCUT2D eigenvalue weighted by Gasteiger charge is 2.36. The second-order valence-electron chi connectivity index (χ2n) is 0.877. The maximum Gasteiger partial charge on any atom is 0.428 e. The highest BCUT2D eigenvalue weighted by atomic mass is 35.5. The van der Waals surface area contributed by atoms with Gasteiger partial charge < -0.3 is 5.11 Å². The number of halogens is 4. The molecule has 0 aromatic carbocycles. The molecule has 0 spiro atoms. The number of alkyl halides is 4. The molecule has 7 heavy (non-hydrogen) atoms. The Hall–Kier alpha value is 0.0400. The van der Waals surface area contributed by atoms with Gasteiger partial charge in [-0.1, -0.05) is 11.6 Å². The first-order valence-corrected chi connectivity index (χ1v) is 1.77. The Morgan fingerprint density at radius 3 is 1.57 bits per heavy atom. The van der Waals surface area contributed by atoms with Crippen LogP contribution in [-0.2, 0) is 0 Å². The monoisotopic (exact) mass is 134 g/mol. The van der Waals surface area contributed by atoms with Crippen molar-refractivity contribution in [3.05, 3.63) is 0 Å². The van der Waals surface area contributed by atoms with E-state index in [1.165, 1.54) is 0 Å². The maximum atomic E-state index is 10.8. The summed E-state index contributed by atoms with van der Waals surface area (Å²) >= 11 is 4.18. The SMILES string of the molecule is OC(Cl)C(F)(F)F. The molecule has 0 saturated carbocycles. The molecule has 0 rings (SSSR count). The van der Waals surface area contributed by atoms with Crippen LogP contribution in [0.25, 0.3) is 0 Å². The standard InChI is InChI=1S/C2H2ClF3O/c3-1(7)2(4,5)6/h1,7H. The van der Waals surface area contributed by atoms with Crippen molar-refractivity contribution < 1.29 is 18.3 Å². The van der Waals surface area contributed by atoms with Crippen molar-refractivity contribution in [1.82, 2.24) is 0 Å². The minimum Gasteiger partial charge on any atom is -0.370 e. The van der Waals surface area contributed by atoms with Gasteiger partial charge in [0.1, 0.15) is 0 Å². The first kappa shape index (κ1) is 7.04. The fraction of sp³-hybridized carbons (Fsp3) is 1.00. The summed E-state index contributed by atoms with van der Waals surface area (Å²) in [5, 5.41) is 7.53. The van der Waals surface area contributed by atoms with E-state index < -0.39 is 11.7 Å². The minimum atomic E-state index is -4.68. The summed E-state index contributed by atoms with van der Waals surface area (Å²) < 4.78 is 32.4. The van der Waals surface area contributed by atoms with Gasteiger partial charge in [0.15, 0.2) is 0 Å². The van der Waals surface area contributed by atoms with E-state index in [0.717, 1.165) is 0 Å².